The van der Waals surface area contributed by atoms with Gasteiger partial charge in [0.1, 0.15) is 72.5 Å². The minimum absolute atomic E-state index is 0.0596. The topological polar surface area (TPSA) is 698 Å². The zero-order valence-corrected chi connectivity index (χ0v) is 61.9. The number of nitrogens with one attached hydrogen (secondary N) is 13. The van der Waals surface area contributed by atoms with E-state index in [-0.39, 0.29) is 57.4 Å². The summed E-state index contributed by atoms with van der Waals surface area (Å²) in [5.74, 6) is -20.7. The summed E-state index contributed by atoms with van der Waals surface area (Å²) in [5, 5.41) is 90.8. The van der Waals surface area contributed by atoms with E-state index in [9.17, 15) is 112 Å². The fourth-order valence-corrected chi connectivity index (χ4v) is 10.4. The summed E-state index contributed by atoms with van der Waals surface area (Å²) in [4.78, 5) is 226. The van der Waals surface area contributed by atoms with Crippen LogP contribution in [0, 0.1) is 17.8 Å². The van der Waals surface area contributed by atoms with Crippen LogP contribution in [0.4, 0.5) is 0 Å². The number of carbonyl (C=O) groups is 17. The number of aliphatic hydroxyl groups is 4. The molecular weight excluding hydrogens is 1420 g/mol. The maximum absolute atomic E-state index is 14.2. The largest absolute Gasteiger partial charge is 0.481 e. The molecule has 0 saturated heterocycles. The van der Waals surface area contributed by atoms with E-state index >= 15 is 0 Å². The first-order valence-corrected chi connectivity index (χ1v) is 35.3. The Bertz CT molecular complexity index is 3180. The van der Waals surface area contributed by atoms with Gasteiger partial charge in [-0.05, 0) is 101 Å². The van der Waals surface area contributed by atoms with Gasteiger partial charge in [0.15, 0.2) is 0 Å². The van der Waals surface area contributed by atoms with Crippen molar-refractivity contribution >= 4 is 101 Å². The fraction of sp³-hybridized carbons (Fsp3) is 0.657. The molecule has 1 rings (SSSR count). The second-order valence-corrected chi connectivity index (χ2v) is 27.1. The van der Waals surface area contributed by atoms with Gasteiger partial charge in [-0.1, -0.05) is 78.3 Å². The predicted molar refractivity (Wildman–Crippen MR) is 384 cm³/mol. The summed E-state index contributed by atoms with van der Waals surface area (Å²) >= 11 is 0. The van der Waals surface area contributed by atoms with Gasteiger partial charge in [-0.15, -0.1) is 0 Å². The summed E-state index contributed by atoms with van der Waals surface area (Å²) in [7, 11) is 0. The number of carboxylic acid groups (broad SMARTS) is 2. The molecule has 0 spiro atoms. The summed E-state index contributed by atoms with van der Waals surface area (Å²) in [5.41, 5.74) is 28.0. The van der Waals surface area contributed by atoms with E-state index in [1.54, 1.807) is 71.9 Å². The second kappa shape index (κ2) is 50.5. The Kier molecular flexibility index (Phi) is 44.8. The first kappa shape index (κ1) is 95.9. The average Bonchev–Trinajstić information content (AvgIpc) is 0.852. The molecule has 0 aliphatic heterocycles. The number of aliphatic hydroxyl groups excluding tert-OH is 4. The van der Waals surface area contributed by atoms with E-state index in [0.717, 1.165) is 6.92 Å². The SMILES string of the molecule is CC(C)C[C@H](NC(=O)[C@H](Cc1ccccc1)NC(=O)[C@@H](NC(=O)[C@H](CCCCN)NC(=O)CNC(=O)[C@H](CC(=O)O)NC(=O)[C@H](CC(C)C)NC(=O)[C@H](CC(C)C)NC(=O)[C@H](CO)NC(=O)[C@H](CCC(N)=O)NC(=O)[C@H](CO)NC(=O)[C@H](CO)NC(=O)[C@@H](N)CCCCN)[C@@H](C)O)C(=O)N[C@@H](CC(N)=O)C(=O)O. The van der Waals surface area contributed by atoms with Gasteiger partial charge in [0.05, 0.1) is 51.4 Å². The van der Waals surface area contributed by atoms with E-state index in [2.05, 4.69) is 69.1 Å². The van der Waals surface area contributed by atoms with E-state index in [1.807, 2.05) is 0 Å². The molecule has 0 bridgehead atoms. The third-order valence-electron chi connectivity index (χ3n) is 16.1. The normalized spacial score (nSPS) is 15.1. The molecule has 0 aromatic heterocycles. The van der Waals surface area contributed by atoms with Crippen LogP contribution in [-0.4, -0.2) is 255 Å². The molecule has 15 amide bonds. The van der Waals surface area contributed by atoms with Crippen LogP contribution < -0.4 is 97.8 Å². The minimum Gasteiger partial charge on any atom is -0.481 e. The van der Waals surface area contributed by atoms with Gasteiger partial charge in [-0.2, -0.15) is 0 Å². The highest BCUT2D eigenvalue weighted by Crippen LogP contribution is 2.14. The lowest BCUT2D eigenvalue weighted by Gasteiger charge is -2.28. The van der Waals surface area contributed by atoms with Crippen LogP contribution in [0.1, 0.15) is 138 Å². The van der Waals surface area contributed by atoms with Crippen LogP contribution in [0.5, 0.6) is 0 Å². The summed E-state index contributed by atoms with van der Waals surface area (Å²) in [6.07, 6.45) is -3.84. The quantitative estimate of drug-likeness (QED) is 0.0269. The number of aliphatic carboxylic acids is 2. The number of carbonyl (C=O) groups excluding carboxylic acids is 15. The van der Waals surface area contributed by atoms with Gasteiger partial charge in [0, 0.05) is 12.8 Å². The smallest absolute Gasteiger partial charge is 0.326 e. The van der Waals surface area contributed by atoms with Crippen molar-refractivity contribution in [1.29, 1.82) is 0 Å². The number of primary amides is 2. The van der Waals surface area contributed by atoms with Crippen molar-refractivity contribution in [3.63, 3.8) is 0 Å². The maximum Gasteiger partial charge on any atom is 0.326 e. The van der Waals surface area contributed by atoms with Gasteiger partial charge < -0.3 is 128 Å². The Morgan fingerprint density at radius 2 is 0.759 bits per heavy atom. The van der Waals surface area contributed by atoms with Crippen LogP contribution in [-0.2, 0) is 87.9 Å². The number of amides is 15. The Morgan fingerprint density at radius 3 is 1.17 bits per heavy atom. The first-order valence-electron chi connectivity index (χ1n) is 35.3. The van der Waals surface area contributed by atoms with Crippen molar-refractivity contribution in [2.24, 2.45) is 46.4 Å². The molecule has 0 unspecified atom stereocenters. The van der Waals surface area contributed by atoms with Crippen LogP contribution in [0.3, 0.4) is 0 Å². The number of unbranched alkanes of at least 4 members (excludes halogenated alkanes) is 2. The zero-order valence-electron chi connectivity index (χ0n) is 61.9. The standard InChI is InChI=1S/C67H112N18O23/c1-33(2)23-41(76-59(99)42(24-34(3)4)78-64(104)49(32-88)83-57(97)40(19-20-50(71)90)75-63(103)48(31-87)84-65(105)47(30-86)82-55(95)38(70)17-11-13-21-68)60(100)79-45(28-53(93)94)56(96)73-29-52(92)74-39(18-12-14-22-69)58(98)85-54(36(7)89)66(106)80-44(26-37-15-9-8-10-16-37)62(102)77-43(25-35(5)6)61(101)81-46(67(107)108)27-51(72)91/h8-10,15-16,33-36,38-49,54,86-89H,11-14,17-32,68-70H2,1-7H3,(H2,71,90)(H2,72,91)(H,73,96)(H,74,92)(H,75,103)(H,76,99)(H,77,102)(H,78,104)(H,79,100)(H,80,106)(H,81,101)(H,82,95)(H,83,97)(H,84,105)(H,85,98)(H,93,94)(H,107,108)/t36-,38+,39+,40+,41+,42+,43+,44+,45+,46+,47+,48+,49+,54+/m1/s1. The summed E-state index contributed by atoms with van der Waals surface area (Å²) < 4.78 is 0. The molecule has 1 aromatic rings. The number of hydrogen-bond donors (Lipinski definition) is 24. The van der Waals surface area contributed by atoms with Crippen LogP contribution in [0.25, 0.3) is 0 Å². The third-order valence-corrected chi connectivity index (χ3v) is 16.1. The van der Waals surface area contributed by atoms with E-state index in [4.69, 9.17) is 28.7 Å². The molecule has 14 atom stereocenters. The lowest BCUT2D eigenvalue weighted by molar-refractivity contribution is -0.144. The van der Waals surface area contributed by atoms with Crippen molar-refractivity contribution in [3.05, 3.63) is 35.9 Å². The molecule has 108 heavy (non-hydrogen) atoms. The Labute approximate surface area is 624 Å². The number of hydrogen-bond acceptors (Lipinski definition) is 24. The molecule has 0 saturated carbocycles. The molecule has 0 fully saturated rings. The highest BCUT2D eigenvalue weighted by Gasteiger charge is 2.38. The summed E-state index contributed by atoms with van der Waals surface area (Å²) in [6.45, 7) is 7.28. The van der Waals surface area contributed by atoms with Crippen LogP contribution in [0.2, 0.25) is 0 Å². The molecule has 1 aromatic carbocycles. The van der Waals surface area contributed by atoms with Crippen molar-refractivity contribution in [2.45, 2.75) is 223 Å². The molecule has 41 heteroatoms. The number of carboxylic acids is 2. The van der Waals surface area contributed by atoms with Crippen LogP contribution >= 0.6 is 0 Å². The Balaban J connectivity index is 3.43. The maximum atomic E-state index is 14.2. The predicted octanol–water partition coefficient (Wildman–Crippen LogP) is -9.06. The molecule has 0 radical (unpaired) electrons. The molecule has 0 aliphatic rings. The van der Waals surface area contributed by atoms with Gasteiger partial charge >= 0.3 is 11.9 Å². The number of benzene rings is 1. The molecule has 0 heterocycles. The molecule has 29 N–H and O–H groups in total. The zero-order chi connectivity index (χ0) is 82.1. The molecule has 41 nitrogen and oxygen atoms in total. The van der Waals surface area contributed by atoms with Gasteiger partial charge in [-0.3, -0.25) is 76.7 Å². The van der Waals surface area contributed by atoms with E-state index in [1.165, 1.54) is 0 Å². The van der Waals surface area contributed by atoms with Crippen LogP contribution in [0.15, 0.2) is 30.3 Å². The highest BCUT2D eigenvalue weighted by atomic mass is 16.4. The Morgan fingerprint density at radius 1 is 0.389 bits per heavy atom. The first-order chi connectivity index (χ1) is 50.7. The average molecular weight is 1540 g/mol. The number of nitrogens with two attached hydrogens (primary N) is 5. The lowest BCUT2D eigenvalue weighted by Crippen LogP contribution is -2.61. The Hall–Kier alpha value is -10.1. The monoisotopic (exact) mass is 1540 g/mol. The third kappa shape index (κ3) is 37.5. The van der Waals surface area contributed by atoms with Crippen molar-refractivity contribution in [3.8, 4) is 0 Å². The minimum atomic E-state index is -1.96. The second-order valence-electron chi connectivity index (χ2n) is 27.1. The van der Waals surface area contributed by atoms with E-state index in [0.29, 0.717) is 31.4 Å². The van der Waals surface area contributed by atoms with Gasteiger partial charge in [0.2, 0.25) is 88.6 Å². The molecular formula is C67H112N18O23. The summed E-state index contributed by atoms with van der Waals surface area (Å²) in [6, 6.07) is -13.4. The van der Waals surface area contributed by atoms with E-state index < -0.39 is 249 Å². The van der Waals surface area contributed by atoms with Gasteiger partial charge in [0.25, 0.3) is 0 Å². The molecule has 0 aliphatic carbocycles. The molecule has 608 valence electrons. The number of rotatable bonds is 54. The fourth-order valence-electron chi connectivity index (χ4n) is 10.4. The van der Waals surface area contributed by atoms with Gasteiger partial charge in [-0.25, -0.2) is 4.79 Å². The van der Waals surface area contributed by atoms with Crippen molar-refractivity contribution < 1.29 is 112 Å². The van der Waals surface area contributed by atoms with Crippen molar-refractivity contribution in [2.75, 3.05) is 39.5 Å². The highest BCUT2D eigenvalue weighted by molar-refractivity contribution is 6.00. The lowest BCUT2D eigenvalue weighted by atomic mass is 9.99. The van der Waals surface area contributed by atoms with Crippen molar-refractivity contribution in [1.82, 2.24) is 69.1 Å².